The number of halogens is 2. The summed E-state index contributed by atoms with van der Waals surface area (Å²) in [6.07, 6.45) is 1.26. The van der Waals surface area contributed by atoms with Crippen LogP contribution in [0.2, 0.25) is 0 Å². The Morgan fingerprint density at radius 3 is 1.74 bits per heavy atom. The molecule has 0 nitrogen and oxygen atoms in total. The zero-order chi connectivity index (χ0) is 16.7. The molecular formula is C21H20F2. The summed E-state index contributed by atoms with van der Waals surface area (Å²) in [5.41, 5.74) is 5.23. The summed E-state index contributed by atoms with van der Waals surface area (Å²) in [7, 11) is 0. The minimum absolute atomic E-state index is 0.0325. The number of hydrogen-bond donors (Lipinski definition) is 0. The van der Waals surface area contributed by atoms with Crippen molar-refractivity contribution < 1.29 is 8.78 Å². The minimum Gasteiger partial charge on any atom is -0.207 e. The van der Waals surface area contributed by atoms with Gasteiger partial charge in [-0.2, -0.15) is 0 Å². The van der Waals surface area contributed by atoms with Crippen LogP contribution in [-0.4, -0.2) is 0 Å². The molecule has 1 aliphatic carbocycles. The highest BCUT2D eigenvalue weighted by molar-refractivity contribution is 5.50. The van der Waals surface area contributed by atoms with Gasteiger partial charge in [0, 0.05) is 16.7 Å². The molecule has 3 rings (SSSR count). The molecule has 0 bridgehead atoms. The monoisotopic (exact) mass is 310 g/mol. The lowest BCUT2D eigenvalue weighted by molar-refractivity contribution is 0.567. The first-order valence-electron chi connectivity index (χ1n) is 7.95. The highest BCUT2D eigenvalue weighted by Crippen LogP contribution is 2.49. The van der Waals surface area contributed by atoms with E-state index in [9.17, 15) is 8.78 Å². The second-order valence-corrected chi connectivity index (χ2v) is 6.66. The molecule has 0 aliphatic heterocycles. The topological polar surface area (TPSA) is 0 Å². The van der Waals surface area contributed by atoms with Crippen LogP contribution in [0.3, 0.4) is 0 Å². The van der Waals surface area contributed by atoms with E-state index in [0.29, 0.717) is 11.5 Å². The van der Waals surface area contributed by atoms with Crippen molar-refractivity contribution in [1.82, 2.24) is 0 Å². The molecule has 0 radical (unpaired) electrons. The summed E-state index contributed by atoms with van der Waals surface area (Å²) >= 11 is 0. The van der Waals surface area contributed by atoms with Gasteiger partial charge in [0.2, 0.25) is 0 Å². The van der Waals surface area contributed by atoms with Crippen molar-refractivity contribution in [3.63, 3.8) is 0 Å². The van der Waals surface area contributed by atoms with E-state index in [0.717, 1.165) is 11.5 Å². The lowest BCUT2D eigenvalue weighted by Crippen LogP contribution is -1.94. The first-order valence-corrected chi connectivity index (χ1v) is 7.95. The Kier molecular flexibility index (Phi) is 3.98. The molecule has 2 aromatic carbocycles. The number of aryl methyl sites for hydroxylation is 2. The Morgan fingerprint density at radius 1 is 0.870 bits per heavy atom. The van der Waals surface area contributed by atoms with Crippen LogP contribution < -0.4 is 0 Å². The molecule has 1 aliphatic rings. The highest BCUT2D eigenvalue weighted by atomic mass is 19.1. The molecule has 2 heteroatoms. The van der Waals surface area contributed by atoms with E-state index in [1.54, 1.807) is 0 Å². The van der Waals surface area contributed by atoms with Crippen molar-refractivity contribution >= 4 is 0 Å². The van der Waals surface area contributed by atoms with Crippen LogP contribution in [0.5, 0.6) is 0 Å². The lowest BCUT2D eigenvalue weighted by atomic mass is 9.95. The molecule has 0 saturated heterocycles. The Bertz CT molecular complexity index is 791. The average molecular weight is 310 g/mol. The average Bonchev–Trinajstić information content (AvgIpc) is 3.18. The second kappa shape index (κ2) is 5.81. The number of rotatable bonds is 1. The Labute approximate surface area is 136 Å². The standard InChI is InChI=1S/C21H20F2/c1-12-9-18(12)21-13(2)7-16(8-14(21)3)5-6-17-10-19(22)15(4)20(23)11-17/h7-8,10-12,18H,9H2,1-4H3. The second-order valence-electron chi connectivity index (χ2n) is 6.66. The van der Waals surface area contributed by atoms with E-state index in [1.807, 2.05) is 0 Å². The van der Waals surface area contributed by atoms with Crippen LogP contribution in [0.25, 0.3) is 0 Å². The first-order chi connectivity index (χ1) is 10.9. The van der Waals surface area contributed by atoms with E-state index in [1.165, 1.54) is 42.2 Å². The molecule has 0 N–H and O–H groups in total. The van der Waals surface area contributed by atoms with Crippen LogP contribution in [0.1, 0.15) is 52.6 Å². The zero-order valence-electron chi connectivity index (χ0n) is 13.9. The van der Waals surface area contributed by atoms with Gasteiger partial charge in [0.25, 0.3) is 0 Å². The first kappa shape index (κ1) is 15.7. The molecule has 1 saturated carbocycles. The fraction of sp³-hybridized carbons (Fsp3) is 0.333. The van der Waals surface area contributed by atoms with Crippen molar-refractivity contribution in [1.29, 1.82) is 0 Å². The van der Waals surface area contributed by atoms with E-state index in [2.05, 4.69) is 44.7 Å². The van der Waals surface area contributed by atoms with Crippen LogP contribution in [0, 0.1) is 50.2 Å². The fourth-order valence-corrected chi connectivity index (χ4v) is 3.22. The van der Waals surface area contributed by atoms with E-state index in [-0.39, 0.29) is 5.56 Å². The molecule has 2 aromatic rings. The summed E-state index contributed by atoms with van der Waals surface area (Å²) in [6, 6.07) is 6.71. The maximum absolute atomic E-state index is 13.6. The van der Waals surface area contributed by atoms with Crippen LogP contribution in [0.15, 0.2) is 24.3 Å². The molecule has 2 unspecified atom stereocenters. The Hall–Kier alpha value is -2.14. The predicted molar refractivity (Wildman–Crippen MR) is 89.5 cm³/mol. The summed E-state index contributed by atoms with van der Waals surface area (Å²) in [6.45, 7) is 7.93. The lowest BCUT2D eigenvalue weighted by Gasteiger charge is -2.10. The molecule has 0 spiro atoms. The van der Waals surface area contributed by atoms with Gasteiger partial charge in [0.05, 0.1) is 0 Å². The van der Waals surface area contributed by atoms with Crippen LogP contribution in [0.4, 0.5) is 8.78 Å². The normalized spacial score (nSPS) is 19.2. The molecule has 2 atom stereocenters. The third-order valence-electron chi connectivity index (χ3n) is 4.71. The molecule has 0 aromatic heterocycles. The van der Waals surface area contributed by atoms with E-state index < -0.39 is 11.6 Å². The maximum atomic E-state index is 13.6. The van der Waals surface area contributed by atoms with E-state index >= 15 is 0 Å². The molecule has 1 fully saturated rings. The van der Waals surface area contributed by atoms with Crippen molar-refractivity contribution in [3.05, 3.63) is 69.3 Å². The van der Waals surface area contributed by atoms with Gasteiger partial charge in [-0.1, -0.05) is 18.8 Å². The van der Waals surface area contributed by atoms with Crippen molar-refractivity contribution in [2.45, 2.75) is 40.0 Å². The Balaban J connectivity index is 1.93. The van der Waals surface area contributed by atoms with E-state index in [4.69, 9.17) is 0 Å². The van der Waals surface area contributed by atoms with Crippen molar-refractivity contribution in [2.75, 3.05) is 0 Å². The summed E-state index contributed by atoms with van der Waals surface area (Å²) in [5.74, 6) is 6.23. The van der Waals surface area contributed by atoms with Crippen molar-refractivity contribution in [3.8, 4) is 11.8 Å². The van der Waals surface area contributed by atoms with Gasteiger partial charge in [-0.25, -0.2) is 8.78 Å². The van der Waals surface area contributed by atoms with Gasteiger partial charge in [0.1, 0.15) is 11.6 Å². The highest BCUT2D eigenvalue weighted by Gasteiger charge is 2.35. The van der Waals surface area contributed by atoms with Crippen LogP contribution >= 0.6 is 0 Å². The molecule has 0 amide bonds. The summed E-state index contributed by atoms with van der Waals surface area (Å²) in [5, 5.41) is 0. The quantitative estimate of drug-likeness (QED) is 0.618. The number of hydrogen-bond acceptors (Lipinski definition) is 0. The van der Waals surface area contributed by atoms with Gasteiger partial charge >= 0.3 is 0 Å². The van der Waals surface area contributed by atoms with Crippen LogP contribution in [-0.2, 0) is 0 Å². The Morgan fingerprint density at radius 2 is 1.30 bits per heavy atom. The largest absolute Gasteiger partial charge is 0.207 e. The van der Waals surface area contributed by atoms with Gasteiger partial charge in [-0.05, 0) is 80.0 Å². The fourth-order valence-electron chi connectivity index (χ4n) is 3.22. The van der Waals surface area contributed by atoms with Gasteiger partial charge in [0.15, 0.2) is 0 Å². The van der Waals surface area contributed by atoms with Crippen molar-refractivity contribution in [2.24, 2.45) is 5.92 Å². The van der Waals surface area contributed by atoms with Gasteiger partial charge in [-0.3, -0.25) is 0 Å². The minimum atomic E-state index is -0.556. The third-order valence-corrected chi connectivity index (χ3v) is 4.71. The summed E-state index contributed by atoms with van der Waals surface area (Å²) in [4.78, 5) is 0. The predicted octanol–water partition coefficient (Wildman–Crippen LogP) is 5.41. The number of benzene rings is 2. The smallest absolute Gasteiger partial charge is 0.130 e. The SMILES string of the molecule is Cc1cc(C#Cc2cc(F)c(C)c(F)c2)cc(C)c1C1CC1C. The third kappa shape index (κ3) is 3.15. The zero-order valence-corrected chi connectivity index (χ0v) is 13.9. The van der Waals surface area contributed by atoms with Gasteiger partial charge < -0.3 is 0 Å². The molecule has 23 heavy (non-hydrogen) atoms. The summed E-state index contributed by atoms with van der Waals surface area (Å²) < 4.78 is 27.1. The molecule has 0 heterocycles. The van der Waals surface area contributed by atoms with Gasteiger partial charge in [-0.15, -0.1) is 0 Å². The maximum Gasteiger partial charge on any atom is 0.130 e. The molecule has 118 valence electrons. The molecular weight excluding hydrogens is 290 g/mol.